The molecule has 1 fully saturated rings. The van der Waals surface area contributed by atoms with Crippen LogP contribution < -0.4 is 10.6 Å². The van der Waals surface area contributed by atoms with Crippen LogP contribution >= 0.6 is 11.8 Å². The van der Waals surface area contributed by atoms with Gasteiger partial charge in [-0.2, -0.15) is 4.98 Å². The molecule has 0 N–H and O–H groups in total. The normalized spacial score (nSPS) is 21.7. The summed E-state index contributed by atoms with van der Waals surface area (Å²) in [5.74, 6) is 1.45. The maximum atomic E-state index is 12.2. The summed E-state index contributed by atoms with van der Waals surface area (Å²) in [6, 6.07) is 1.87. The van der Waals surface area contributed by atoms with Gasteiger partial charge in [-0.3, -0.25) is 4.57 Å². The van der Waals surface area contributed by atoms with Crippen LogP contribution in [0.15, 0.2) is 17.1 Å². The minimum atomic E-state index is -0.264. The number of nitrogens with zero attached hydrogens (tertiary/aromatic N) is 3. The molecule has 1 aliphatic heterocycles. The van der Waals surface area contributed by atoms with E-state index in [9.17, 15) is 4.79 Å². The van der Waals surface area contributed by atoms with Crippen LogP contribution in [0.25, 0.3) is 0 Å². The number of unbranched alkanes of at least 4 members (excludes halogenated alkanes) is 1. The van der Waals surface area contributed by atoms with Crippen LogP contribution in [-0.4, -0.2) is 48.0 Å². The van der Waals surface area contributed by atoms with E-state index in [-0.39, 0.29) is 17.4 Å². The van der Waals surface area contributed by atoms with Crippen molar-refractivity contribution in [1.29, 1.82) is 0 Å². The van der Waals surface area contributed by atoms with Crippen molar-refractivity contribution < 1.29 is 9.47 Å². The molecular weight excluding hydrogens is 290 g/mol. The molecule has 2 rings (SSSR count). The van der Waals surface area contributed by atoms with E-state index < -0.39 is 0 Å². The second-order valence-corrected chi connectivity index (χ2v) is 6.25. The Balaban J connectivity index is 2.04. The van der Waals surface area contributed by atoms with Crippen LogP contribution in [0.4, 0.5) is 5.82 Å². The van der Waals surface area contributed by atoms with E-state index in [4.69, 9.17) is 9.47 Å². The Labute approximate surface area is 129 Å². The SMILES string of the molecule is CCCCN(C)c1ccn([C@@H]2CSC(COC)O2)c(=O)n1. The van der Waals surface area contributed by atoms with Crippen LogP contribution in [-0.2, 0) is 9.47 Å². The molecule has 0 aromatic carbocycles. The van der Waals surface area contributed by atoms with E-state index in [2.05, 4.69) is 11.9 Å². The standard InChI is InChI=1S/C14H23N3O3S/c1-4-5-7-16(2)11-6-8-17(14(18)15-11)12-10-21-13(20-12)9-19-3/h6,8,12-13H,4-5,7,9-10H2,1-3H3/t12-,13?/m0/s1. The van der Waals surface area contributed by atoms with Crippen LogP contribution in [0.5, 0.6) is 0 Å². The van der Waals surface area contributed by atoms with Gasteiger partial charge >= 0.3 is 5.69 Å². The summed E-state index contributed by atoms with van der Waals surface area (Å²) in [6.07, 6.45) is 3.72. The molecule has 118 valence electrons. The Bertz CT molecular complexity index is 508. The lowest BCUT2D eigenvalue weighted by atomic mass is 10.3. The molecule has 1 aromatic heterocycles. The van der Waals surface area contributed by atoms with E-state index in [0.717, 1.165) is 25.1 Å². The van der Waals surface area contributed by atoms with Gasteiger partial charge in [-0.05, 0) is 12.5 Å². The molecule has 2 atom stereocenters. The zero-order valence-electron chi connectivity index (χ0n) is 12.8. The van der Waals surface area contributed by atoms with Gasteiger partial charge in [0.1, 0.15) is 17.5 Å². The lowest BCUT2D eigenvalue weighted by molar-refractivity contribution is -0.0152. The van der Waals surface area contributed by atoms with Gasteiger partial charge in [0.15, 0.2) is 0 Å². The van der Waals surface area contributed by atoms with Crippen LogP contribution in [0.3, 0.4) is 0 Å². The Morgan fingerprint density at radius 2 is 2.43 bits per heavy atom. The second-order valence-electron chi connectivity index (χ2n) is 5.06. The quantitative estimate of drug-likeness (QED) is 0.764. The van der Waals surface area contributed by atoms with Crippen molar-refractivity contribution in [1.82, 2.24) is 9.55 Å². The number of anilines is 1. The molecular formula is C14H23N3O3S. The lowest BCUT2D eigenvalue weighted by Crippen LogP contribution is -2.31. The molecule has 1 saturated heterocycles. The van der Waals surface area contributed by atoms with Crippen molar-refractivity contribution >= 4 is 17.6 Å². The molecule has 1 unspecified atom stereocenters. The molecule has 1 aromatic rings. The lowest BCUT2D eigenvalue weighted by Gasteiger charge is -2.19. The van der Waals surface area contributed by atoms with E-state index in [1.165, 1.54) is 0 Å². The highest BCUT2D eigenvalue weighted by Gasteiger charge is 2.28. The first-order valence-corrected chi connectivity index (χ1v) is 8.27. The van der Waals surface area contributed by atoms with E-state index >= 15 is 0 Å². The average Bonchev–Trinajstić information content (AvgIpc) is 2.93. The molecule has 0 bridgehead atoms. The minimum absolute atomic E-state index is 0.0150. The summed E-state index contributed by atoms with van der Waals surface area (Å²) in [7, 11) is 3.60. The number of aromatic nitrogens is 2. The Hall–Kier alpha value is -1.05. The van der Waals surface area contributed by atoms with Crippen molar-refractivity contribution in [3.63, 3.8) is 0 Å². The molecule has 6 nitrogen and oxygen atoms in total. The third kappa shape index (κ3) is 4.21. The second kappa shape index (κ2) is 7.82. The van der Waals surface area contributed by atoms with Crippen LogP contribution in [0.1, 0.15) is 26.0 Å². The van der Waals surface area contributed by atoms with E-state index in [0.29, 0.717) is 12.4 Å². The number of hydrogen-bond donors (Lipinski definition) is 0. The number of rotatable bonds is 7. The van der Waals surface area contributed by atoms with Crippen molar-refractivity contribution in [2.24, 2.45) is 0 Å². The number of hydrogen-bond acceptors (Lipinski definition) is 6. The Morgan fingerprint density at radius 3 is 3.10 bits per heavy atom. The minimum Gasteiger partial charge on any atom is -0.381 e. The molecule has 7 heteroatoms. The third-order valence-electron chi connectivity index (χ3n) is 3.40. The summed E-state index contributed by atoms with van der Waals surface area (Å²) in [5, 5.41) is 0. The topological polar surface area (TPSA) is 56.6 Å². The molecule has 0 spiro atoms. The van der Waals surface area contributed by atoms with Crippen molar-refractivity contribution in [2.75, 3.05) is 38.0 Å². The fourth-order valence-electron chi connectivity index (χ4n) is 2.16. The number of ether oxygens (including phenoxy) is 2. The van der Waals surface area contributed by atoms with E-state index in [1.54, 1.807) is 29.6 Å². The van der Waals surface area contributed by atoms with Crippen molar-refractivity contribution in [2.45, 2.75) is 31.4 Å². The first-order valence-electron chi connectivity index (χ1n) is 7.22. The summed E-state index contributed by atoms with van der Waals surface area (Å²) in [5.41, 5.74) is -0.279. The highest BCUT2D eigenvalue weighted by Crippen LogP contribution is 2.30. The van der Waals surface area contributed by atoms with Gasteiger partial charge in [-0.15, -0.1) is 11.8 Å². The van der Waals surface area contributed by atoms with Gasteiger partial charge in [0.2, 0.25) is 0 Å². The predicted molar refractivity (Wildman–Crippen MR) is 84.9 cm³/mol. The molecule has 2 heterocycles. The molecule has 1 aliphatic rings. The van der Waals surface area contributed by atoms with Gasteiger partial charge in [0, 0.05) is 32.7 Å². The molecule has 0 aliphatic carbocycles. The van der Waals surface area contributed by atoms with Gasteiger partial charge in [0.05, 0.1) is 6.61 Å². The van der Waals surface area contributed by atoms with Crippen molar-refractivity contribution in [3.05, 3.63) is 22.7 Å². The van der Waals surface area contributed by atoms with Gasteiger partial charge in [-0.1, -0.05) is 13.3 Å². The number of methoxy groups -OCH3 is 1. The van der Waals surface area contributed by atoms with E-state index in [1.807, 2.05) is 18.0 Å². The van der Waals surface area contributed by atoms with Crippen molar-refractivity contribution in [3.8, 4) is 0 Å². The highest BCUT2D eigenvalue weighted by molar-refractivity contribution is 8.00. The van der Waals surface area contributed by atoms with Gasteiger partial charge in [0.25, 0.3) is 0 Å². The monoisotopic (exact) mass is 313 g/mol. The zero-order valence-corrected chi connectivity index (χ0v) is 13.6. The Morgan fingerprint density at radius 1 is 1.62 bits per heavy atom. The first kappa shape index (κ1) is 16.3. The Kier molecular flexibility index (Phi) is 6.08. The van der Waals surface area contributed by atoms with Gasteiger partial charge in [-0.25, -0.2) is 4.79 Å². The van der Waals surface area contributed by atoms with Crippen LogP contribution in [0, 0.1) is 0 Å². The average molecular weight is 313 g/mol. The number of thioether (sulfide) groups is 1. The zero-order chi connectivity index (χ0) is 15.2. The fraction of sp³-hybridized carbons (Fsp3) is 0.714. The third-order valence-corrected chi connectivity index (χ3v) is 4.50. The summed E-state index contributed by atoms with van der Waals surface area (Å²) in [4.78, 5) is 18.3. The smallest absolute Gasteiger partial charge is 0.351 e. The largest absolute Gasteiger partial charge is 0.381 e. The fourth-order valence-corrected chi connectivity index (χ4v) is 3.22. The van der Waals surface area contributed by atoms with Gasteiger partial charge < -0.3 is 14.4 Å². The predicted octanol–water partition coefficient (Wildman–Crippen LogP) is 1.71. The molecule has 0 radical (unpaired) electrons. The molecule has 0 saturated carbocycles. The summed E-state index contributed by atoms with van der Waals surface area (Å²) in [6.45, 7) is 3.57. The summed E-state index contributed by atoms with van der Waals surface area (Å²) >= 11 is 1.66. The maximum absolute atomic E-state index is 12.2. The summed E-state index contributed by atoms with van der Waals surface area (Å²) < 4.78 is 12.4. The van der Waals surface area contributed by atoms with Crippen LogP contribution in [0.2, 0.25) is 0 Å². The molecule has 21 heavy (non-hydrogen) atoms. The maximum Gasteiger partial charge on any atom is 0.351 e. The first-order chi connectivity index (χ1) is 10.2. The highest BCUT2D eigenvalue weighted by atomic mass is 32.2. The molecule has 0 amide bonds.